The molecule has 0 radical (unpaired) electrons. The summed E-state index contributed by atoms with van der Waals surface area (Å²) in [6.45, 7) is 3.94. The van der Waals surface area contributed by atoms with Gasteiger partial charge in [0.25, 0.3) is 5.56 Å². The largest absolute Gasteiger partial charge is 0.488 e. The number of amides is 2. The highest BCUT2D eigenvalue weighted by Gasteiger charge is 2.40. The van der Waals surface area contributed by atoms with Crippen molar-refractivity contribution in [3.05, 3.63) is 70.4 Å². The summed E-state index contributed by atoms with van der Waals surface area (Å²) in [4.78, 5) is 26.7. The van der Waals surface area contributed by atoms with E-state index in [0.717, 1.165) is 18.2 Å². The third-order valence-electron chi connectivity index (χ3n) is 5.43. The Morgan fingerprint density at radius 2 is 1.84 bits per heavy atom. The molecule has 2 heterocycles. The van der Waals surface area contributed by atoms with Crippen LogP contribution >= 0.6 is 0 Å². The molecule has 0 bridgehead atoms. The number of hydrogen-bond donors (Lipinski definition) is 3. The Bertz CT molecular complexity index is 1370. The number of H-pyrrole nitrogens is 1. The molecule has 2 amide bonds. The minimum atomic E-state index is -4.74. The van der Waals surface area contributed by atoms with Gasteiger partial charge in [0.2, 0.25) is 0 Å². The summed E-state index contributed by atoms with van der Waals surface area (Å²) in [6.07, 6.45) is -3.35. The van der Waals surface area contributed by atoms with Crippen molar-refractivity contribution in [3.63, 3.8) is 0 Å². The van der Waals surface area contributed by atoms with Crippen LogP contribution in [0, 0.1) is 5.82 Å². The number of halogens is 4. The number of carbonyl (C=O) groups is 1. The highest BCUT2D eigenvalue weighted by molar-refractivity contribution is 6.00. The van der Waals surface area contributed by atoms with Crippen LogP contribution in [-0.2, 0) is 10.9 Å². The molecule has 3 N–H and O–H groups in total. The van der Waals surface area contributed by atoms with E-state index in [2.05, 4.69) is 15.6 Å². The Labute approximate surface area is 208 Å². The lowest BCUT2D eigenvalue weighted by atomic mass is 10.0. The summed E-state index contributed by atoms with van der Waals surface area (Å²) >= 11 is 0. The molecule has 0 aliphatic carbocycles. The SMILES string of the molecule is CCOc1cc(-c2ccc(NC(=O)Nc3ccc(OC4(C)COC4)c(C(F)(F)F)c3)c(F)c2)c[nH]c1=O. The van der Waals surface area contributed by atoms with Crippen molar-refractivity contribution < 1.29 is 36.6 Å². The van der Waals surface area contributed by atoms with Crippen LogP contribution in [0.5, 0.6) is 11.5 Å². The van der Waals surface area contributed by atoms with Gasteiger partial charge in [0.15, 0.2) is 11.4 Å². The first kappa shape index (κ1) is 26.0. The van der Waals surface area contributed by atoms with Gasteiger partial charge in [-0.25, -0.2) is 9.18 Å². The number of carbonyl (C=O) groups excluding carboxylic acids is 1. The van der Waals surface area contributed by atoms with E-state index in [9.17, 15) is 27.2 Å². The van der Waals surface area contributed by atoms with Gasteiger partial charge in [0.1, 0.15) is 11.6 Å². The minimum absolute atomic E-state index is 0.0757. The second-order valence-corrected chi connectivity index (χ2v) is 8.54. The van der Waals surface area contributed by atoms with Crippen LogP contribution in [0.1, 0.15) is 19.4 Å². The predicted octanol–water partition coefficient (Wildman–Crippen LogP) is 5.41. The Morgan fingerprint density at radius 1 is 1.08 bits per heavy atom. The molecule has 37 heavy (non-hydrogen) atoms. The molecule has 1 aromatic heterocycles. The maximum atomic E-state index is 14.7. The van der Waals surface area contributed by atoms with Crippen LogP contribution in [0.4, 0.5) is 33.7 Å². The molecule has 8 nitrogen and oxygen atoms in total. The number of rotatable bonds is 7. The van der Waals surface area contributed by atoms with Gasteiger partial charge in [-0.2, -0.15) is 13.2 Å². The number of benzene rings is 2. The lowest BCUT2D eigenvalue weighted by Gasteiger charge is -2.38. The standard InChI is InChI=1S/C25H23F4N3O5/c1-3-36-21-9-15(11-30-22(21)33)14-4-6-19(18(26)8-14)32-23(34)31-16-5-7-20(17(10-16)25(27,28)29)37-24(2)12-35-13-24/h4-11H,3,12-13H2,1-2H3,(H,30,33)(H2,31,32,34). The molecular formula is C25H23F4N3O5. The highest BCUT2D eigenvalue weighted by atomic mass is 19.4. The molecule has 4 rings (SSSR count). The molecule has 3 aromatic rings. The van der Waals surface area contributed by atoms with E-state index in [1.165, 1.54) is 30.5 Å². The smallest absolute Gasteiger partial charge is 0.420 e. The van der Waals surface area contributed by atoms with E-state index in [1.54, 1.807) is 13.8 Å². The second kappa shape index (κ2) is 10.1. The van der Waals surface area contributed by atoms with Gasteiger partial charge in [-0.15, -0.1) is 0 Å². The molecule has 0 spiro atoms. The van der Waals surface area contributed by atoms with Crippen molar-refractivity contribution in [1.82, 2.24) is 4.98 Å². The fourth-order valence-corrected chi connectivity index (χ4v) is 3.61. The van der Waals surface area contributed by atoms with Gasteiger partial charge < -0.3 is 29.8 Å². The first-order valence-corrected chi connectivity index (χ1v) is 11.2. The number of ether oxygens (including phenoxy) is 3. The average molecular weight is 521 g/mol. The third-order valence-corrected chi connectivity index (χ3v) is 5.43. The molecule has 1 aliphatic heterocycles. The van der Waals surface area contributed by atoms with E-state index in [1.807, 2.05) is 0 Å². The number of hydrogen-bond acceptors (Lipinski definition) is 5. The Hall–Kier alpha value is -4.06. The third kappa shape index (κ3) is 6.02. The van der Waals surface area contributed by atoms with Gasteiger partial charge in [-0.05, 0) is 55.8 Å². The van der Waals surface area contributed by atoms with Crippen LogP contribution in [0.3, 0.4) is 0 Å². The van der Waals surface area contributed by atoms with Crippen LogP contribution in [0.2, 0.25) is 0 Å². The zero-order valence-corrected chi connectivity index (χ0v) is 19.8. The molecule has 1 fully saturated rings. The zero-order valence-electron chi connectivity index (χ0n) is 19.8. The number of aromatic nitrogens is 1. The molecular weight excluding hydrogens is 498 g/mol. The van der Waals surface area contributed by atoms with Crippen molar-refractivity contribution in [2.45, 2.75) is 25.6 Å². The molecule has 1 saturated heterocycles. The van der Waals surface area contributed by atoms with Crippen LogP contribution in [-0.4, -0.2) is 36.4 Å². The number of pyridine rings is 1. The van der Waals surface area contributed by atoms with Crippen molar-refractivity contribution in [3.8, 4) is 22.6 Å². The Kier molecular flexibility index (Phi) is 7.12. The molecule has 12 heteroatoms. The number of anilines is 2. The maximum Gasteiger partial charge on any atom is 0.420 e. The van der Waals surface area contributed by atoms with E-state index in [4.69, 9.17) is 14.2 Å². The fraction of sp³-hybridized carbons (Fsp3) is 0.280. The fourth-order valence-electron chi connectivity index (χ4n) is 3.61. The Balaban J connectivity index is 1.48. The van der Waals surface area contributed by atoms with Gasteiger partial charge in [0.05, 0.1) is 31.1 Å². The molecule has 196 valence electrons. The lowest BCUT2D eigenvalue weighted by molar-refractivity contribution is -0.160. The lowest BCUT2D eigenvalue weighted by Crippen LogP contribution is -2.51. The van der Waals surface area contributed by atoms with E-state index in [0.29, 0.717) is 11.1 Å². The number of alkyl halides is 3. The average Bonchev–Trinajstić information content (AvgIpc) is 2.81. The number of aromatic amines is 1. The van der Waals surface area contributed by atoms with Crippen LogP contribution in [0.25, 0.3) is 11.1 Å². The van der Waals surface area contributed by atoms with E-state index < -0.39 is 34.7 Å². The monoisotopic (exact) mass is 521 g/mol. The first-order chi connectivity index (χ1) is 17.5. The van der Waals surface area contributed by atoms with Gasteiger partial charge in [-0.1, -0.05) is 6.07 Å². The van der Waals surface area contributed by atoms with Crippen molar-refractivity contribution in [2.24, 2.45) is 0 Å². The molecule has 0 saturated carbocycles. The summed E-state index contributed by atoms with van der Waals surface area (Å²) in [6, 6.07) is 7.53. The number of nitrogens with one attached hydrogen (secondary N) is 3. The van der Waals surface area contributed by atoms with Crippen LogP contribution < -0.4 is 25.7 Å². The molecule has 2 aromatic carbocycles. The Morgan fingerprint density at radius 3 is 2.46 bits per heavy atom. The summed E-state index contributed by atoms with van der Waals surface area (Å²) in [5.41, 5.74) is -1.86. The summed E-state index contributed by atoms with van der Waals surface area (Å²) in [7, 11) is 0. The summed E-state index contributed by atoms with van der Waals surface area (Å²) in [5, 5.41) is 4.54. The zero-order chi connectivity index (χ0) is 26.8. The predicted molar refractivity (Wildman–Crippen MR) is 128 cm³/mol. The summed E-state index contributed by atoms with van der Waals surface area (Å²) < 4.78 is 71.3. The van der Waals surface area contributed by atoms with E-state index in [-0.39, 0.29) is 42.7 Å². The van der Waals surface area contributed by atoms with Crippen LogP contribution in [0.15, 0.2) is 53.5 Å². The normalized spacial score (nSPS) is 14.4. The molecule has 0 unspecified atom stereocenters. The minimum Gasteiger partial charge on any atom is -0.488 e. The molecule has 1 aliphatic rings. The molecule has 0 atom stereocenters. The highest BCUT2D eigenvalue weighted by Crippen LogP contribution is 2.40. The van der Waals surface area contributed by atoms with Crippen molar-refractivity contribution >= 4 is 17.4 Å². The topological polar surface area (TPSA) is 102 Å². The second-order valence-electron chi connectivity index (χ2n) is 8.54. The number of urea groups is 1. The summed E-state index contributed by atoms with van der Waals surface area (Å²) in [5.74, 6) is -1.11. The first-order valence-electron chi connectivity index (χ1n) is 11.2. The van der Waals surface area contributed by atoms with E-state index >= 15 is 0 Å². The quantitative estimate of drug-likeness (QED) is 0.361. The maximum absolute atomic E-state index is 14.7. The van der Waals surface area contributed by atoms with Gasteiger partial charge >= 0.3 is 12.2 Å². The van der Waals surface area contributed by atoms with Gasteiger partial charge in [-0.3, -0.25) is 4.79 Å². The van der Waals surface area contributed by atoms with Gasteiger partial charge in [0, 0.05) is 17.4 Å². The van der Waals surface area contributed by atoms with Crippen molar-refractivity contribution in [2.75, 3.05) is 30.5 Å². The van der Waals surface area contributed by atoms with Crippen molar-refractivity contribution in [1.29, 1.82) is 0 Å².